The van der Waals surface area contributed by atoms with Gasteiger partial charge in [-0.3, -0.25) is 4.57 Å². The van der Waals surface area contributed by atoms with Crippen molar-refractivity contribution < 1.29 is 4.39 Å². The van der Waals surface area contributed by atoms with Crippen LogP contribution in [-0.2, 0) is 0 Å². The van der Waals surface area contributed by atoms with Crippen molar-refractivity contribution >= 4 is 44.5 Å². The lowest BCUT2D eigenvalue weighted by Crippen LogP contribution is -2.03. The molecule has 1 aromatic heterocycles. The average molecular weight is 366 g/mol. The molecule has 0 unspecified atom stereocenters. The summed E-state index contributed by atoms with van der Waals surface area (Å²) in [5.41, 5.74) is 7.80. The van der Waals surface area contributed by atoms with E-state index in [4.69, 9.17) is 17.3 Å². The third-order valence-corrected chi connectivity index (χ3v) is 3.83. The van der Waals surface area contributed by atoms with Gasteiger partial charge >= 0.3 is 0 Å². The van der Waals surface area contributed by atoms with Gasteiger partial charge in [0.1, 0.15) is 11.9 Å². The summed E-state index contributed by atoms with van der Waals surface area (Å²) < 4.78 is 15.9. The van der Waals surface area contributed by atoms with Crippen molar-refractivity contribution in [3.8, 4) is 11.8 Å². The topological polar surface area (TPSA) is 67.6 Å². The molecule has 4 nitrogen and oxygen atoms in total. The number of fused-ring (bicyclic) bond motifs is 1. The van der Waals surface area contributed by atoms with Gasteiger partial charge in [-0.15, -0.1) is 0 Å². The number of anilines is 1. The van der Waals surface area contributed by atoms with E-state index in [2.05, 4.69) is 27.0 Å². The van der Waals surface area contributed by atoms with E-state index in [1.165, 1.54) is 12.1 Å². The Morgan fingerprint density at radius 2 is 2.10 bits per heavy atom. The maximum Gasteiger partial charge on any atom is 0.205 e. The normalized spacial score (nSPS) is 10.8. The molecular formula is C14H7BrClFN4. The quantitative estimate of drug-likeness (QED) is 0.708. The molecule has 0 bridgehead atoms. The zero-order valence-electron chi connectivity index (χ0n) is 10.4. The number of halogens is 3. The zero-order chi connectivity index (χ0) is 15.1. The predicted octanol–water partition coefficient (Wildman–Crippen LogP) is 4.03. The first kappa shape index (κ1) is 13.9. The first-order valence-corrected chi connectivity index (χ1v) is 7.01. The Hall–Kier alpha value is -2.10. The minimum atomic E-state index is -0.566. The Morgan fingerprint density at radius 1 is 1.33 bits per heavy atom. The highest BCUT2D eigenvalue weighted by atomic mass is 79.9. The minimum Gasteiger partial charge on any atom is -0.369 e. The highest BCUT2D eigenvalue weighted by Crippen LogP contribution is 2.30. The Balaban J connectivity index is 2.41. The van der Waals surface area contributed by atoms with Gasteiger partial charge in [0, 0.05) is 10.5 Å². The molecule has 0 atom stereocenters. The molecule has 0 saturated carbocycles. The molecule has 0 saturated heterocycles. The third-order valence-electron chi connectivity index (χ3n) is 3.04. The number of rotatable bonds is 1. The van der Waals surface area contributed by atoms with E-state index in [-0.39, 0.29) is 11.0 Å². The van der Waals surface area contributed by atoms with Crippen LogP contribution in [0.2, 0.25) is 5.02 Å². The number of nitrogen functional groups attached to an aromatic ring is 1. The molecule has 3 rings (SSSR count). The van der Waals surface area contributed by atoms with Crippen molar-refractivity contribution in [2.24, 2.45) is 0 Å². The van der Waals surface area contributed by atoms with Gasteiger partial charge in [-0.25, -0.2) is 9.37 Å². The van der Waals surface area contributed by atoms with Gasteiger partial charge in [0.2, 0.25) is 5.95 Å². The molecule has 21 heavy (non-hydrogen) atoms. The average Bonchev–Trinajstić information content (AvgIpc) is 2.74. The van der Waals surface area contributed by atoms with E-state index in [1.54, 1.807) is 22.8 Å². The van der Waals surface area contributed by atoms with Gasteiger partial charge in [0.05, 0.1) is 27.3 Å². The fourth-order valence-corrected chi connectivity index (χ4v) is 2.64. The zero-order valence-corrected chi connectivity index (χ0v) is 12.8. The van der Waals surface area contributed by atoms with Crippen LogP contribution in [0.1, 0.15) is 5.56 Å². The molecule has 0 fully saturated rings. The van der Waals surface area contributed by atoms with E-state index in [0.717, 1.165) is 4.47 Å². The lowest BCUT2D eigenvalue weighted by molar-refractivity contribution is 0.630. The first-order valence-electron chi connectivity index (χ1n) is 5.84. The van der Waals surface area contributed by atoms with Crippen molar-refractivity contribution in [3.05, 3.63) is 51.2 Å². The van der Waals surface area contributed by atoms with E-state index in [0.29, 0.717) is 22.3 Å². The number of imidazole rings is 1. The fraction of sp³-hybridized carbons (Fsp3) is 0. The molecule has 0 amide bonds. The molecule has 0 aliphatic heterocycles. The molecule has 7 heteroatoms. The molecule has 0 spiro atoms. The molecule has 104 valence electrons. The van der Waals surface area contributed by atoms with Crippen LogP contribution < -0.4 is 5.73 Å². The largest absolute Gasteiger partial charge is 0.369 e. The van der Waals surface area contributed by atoms with E-state index in [1.807, 2.05) is 0 Å². The Bertz CT molecular complexity index is 913. The summed E-state index contributed by atoms with van der Waals surface area (Å²) in [4.78, 5) is 4.11. The van der Waals surface area contributed by atoms with Crippen LogP contribution in [0.15, 0.2) is 34.8 Å². The lowest BCUT2D eigenvalue weighted by Gasteiger charge is -2.09. The lowest BCUT2D eigenvalue weighted by atomic mass is 10.2. The molecule has 0 radical (unpaired) electrons. The third kappa shape index (κ3) is 2.24. The van der Waals surface area contributed by atoms with Gasteiger partial charge in [0.25, 0.3) is 0 Å². The number of hydrogen-bond donors (Lipinski definition) is 1. The molecular weight excluding hydrogens is 359 g/mol. The summed E-state index contributed by atoms with van der Waals surface area (Å²) in [7, 11) is 0. The SMILES string of the molecule is N#Cc1ccc(Br)cc1-n1c(N)nc2cc(F)c(Cl)cc21. The second kappa shape index (κ2) is 5.02. The monoisotopic (exact) mass is 364 g/mol. The number of nitriles is 1. The van der Waals surface area contributed by atoms with Crippen molar-refractivity contribution in [2.75, 3.05) is 5.73 Å². The van der Waals surface area contributed by atoms with Gasteiger partial charge < -0.3 is 5.73 Å². The standard InChI is InChI=1S/C14H7BrClFN4/c15-8-2-1-7(6-18)12(3-8)21-13-4-9(16)10(17)5-11(13)20-14(21)19/h1-5H,(H2,19,20). The highest BCUT2D eigenvalue weighted by molar-refractivity contribution is 9.10. The first-order chi connectivity index (χ1) is 10.0. The number of benzene rings is 2. The Labute approximate surface area is 132 Å². The van der Waals surface area contributed by atoms with Crippen LogP contribution in [0.25, 0.3) is 16.7 Å². The minimum absolute atomic E-state index is 0.0304. The van der Waals surface area contributed by atoms with Crippen molar-refractivity contribution in [3.63, 3.8) is 0 Å². The van der Waals surface area contributed by atoms with Crippen LogP contribution in [0.4, 0.5) is 10.3 Å². The second-order valence-electron chi connectivity index (χ2n) is 4.33. The summed E-state index contributed by atoms with van der Waals surface area (Å²) in [6.45, 7) is 0. The van der Waals surface area contributed by atoms with Crippen LogP contribution in [0, 0.1) is 17.1 Å². The number of nitrogens with zero attached hydrogens (tertiary/aromatic N) is 3. The number of hydrogen-bond acceptors (Lipinski definition) is 3. The van der Waals surface area contributed by atoms with Gasteiger partial charge in [0.15, 0.2) is 0 Å². The maximum atomic E-state index is 13.5. The van der Waals surface area contributed by atoms with Crippen LogP contribution in [0.3, 0.4) is 0 Å². The molecule has 0 aliphatic carbocycles. The Morgan fingerprint density at radius 3 is 2.81 bits per heavy atom. The molecule has 2 N–H and O–H groups in total. The predicted molar refractivity (Wildman–Crippen MR) is 82.9 cm³/mol. The van der Waals surface area contributed by atoms with E-state index in [9.17, 15) is 9.65 Å². The van der Waals surface area contributed by atoms with Crippen LogP contribution in [-0.4, -0.2) is 9.55 Å². The summed E-state index contributed by atoms with van der Waals surface area (Å²) in [5.74, 6) is -0.412. The summed E-state index contributed by atoms with van der Waals surface area (Å²) in [6.07, 6.45) is 0. The van der Waals surface area contributed by atoms with Gasteiger partial charge in [-0.2, -0.15) is 5.26 Å². The maximum absolute atomic E-state index is 13.5. The molecule has 2 aromatic carbocycles. The number of nitrogens with two attached hydrogens (primary N) is 1. The molecule has 1 heterocycles. The summed E-state index contributed by atoms with van der Waals surface area (Å²) in [5, 5.41) is 9.21. The second-order valence-corrected chi connectivity index (χ2v) is 5.66. The summed E-state index contributed by atoms with van der Waals surface area (Å²) in [6, 6.07) is 9.92. The van der Waals surface area contributed by atoms with Crippen molar-refractivity contribution in [2.45, 2.75) is 0 Å². The smallest absolute Gasteiger partial charge is 0.205 e. The van der Waals surface area contributed by atoms with Crippen molar-refractivity contribution in [1.82, 2.24) is 9.55 Å². The Kier molecular flexibility index (Phi) is 3.32. The van der Waals surface area contributed by atoms with Crippen LogP contribution in [0.5, 0.6) is 0 Å². The van der Waals surface area contributed by atoms with Gasteiger partial charge in [-0.05, 0) is 24.3 Å². The van der Waals surface area contributed by atoms with E-state index >= 15 is 0 Å². The summed E-state index contributed by atoms with van der Waals surface area (Å²) >= 11 is 9.19. The van der Waals surface area contributed by atoms with E-state index < -0.39 is 5.82 Å². The number of aromatic nitrogens is 2. The molecule has 0 aliphatic rings. The highest BCUT2D eigenvalue weighted by Gasteiger charge is 2.16. The van der Waals surface area contributed by atoms with Crippen molar-refractivity contribution in [1.29, 1.82) is 5.26 Å². The van der Waals surface area contributed by atoms with Gasteiger partial charge in [-0.1, -0.05) is 27.5 Å². The molecule has 3 aromatic rings. The fourth-order valence-electron chi connectivity index (χ4n) is 2.13. The van der Waals surface area contributed by atoms with Crippen LogP contribution >= 0.6 is 27.5 Å².